The third-order valence-electron chi connectivity index (χ3n) is 4.09. The Morgan fingerprint density at radius 1 is 0.727 bits per heavy atom. The van der Waals surface area contributed by atoms with E-state index in [0.29, 0.717) is 6.61 Å². The first kappa shape index (κ1) is 13.1. The Morgan fingerprint density at radius 3 is 1.82 bits per heavy atom. The van der Waals surface area contributed by atoms with Crippen molar-refractivity contribution in [3.05, 3.63) is 78.4 Å². The summed E-state index contributed by atoms with van der Waals surface area (Å²) in [5.74, 6) is 0. The Balaban J connectivity index is 1.99. The quantitative estimate of drug-likeness (QED) is 0.521. The average molecular weight is 287 g/mol. The van der Waals surface area contributed by atoms with Crippen LogP contribution < -0.4 is 0 Å². The maximum absolute atomic E-state index is 5.19. The van der Waals surface area contributed by atoms with E-state index in [9.17, 15) is 0 Å². The molecule has 4 aromatic rings. The van der Waals surface area contributed by atoms with Crippen molar-refractivity contribution in [1.82, 2.24) is 4.57 Å². The number of para-hydroxylation sites is 2. The van der Waals surface area contributed by atoms with Gasteiger partial charge < -0.3 is 9.30 Å². The Labute approximate surface area is 129 Å². The van der Waals surface area contributed by atoms with E-state index >= 15 is 0 Å². The summed E-state index contributed by atoms with van der Waals surface area (Å²) in [4.78, 5) is 0. The second-order valence-corrected chi connectivity index (χ2v) is 5.47. The van der Waals surface area contributed by atoms with Gasteiger partial charge in [-0.25, -0.2) is 0 Å². The molecule has 0 unspecified atom stereocenters. The molecule has 2 nitrogen and oxygen atoms in total. The van der Waals surface area contributed by atoms with Crippen LogP contribution in [0, 0.1) is 0 Å². The molecule has 108 valence electrons. The number of hydrogen-bond acceptors (Lipinski definition) is 1. The molecule has 0 N–H and O–H groups in total. The lowest BCUT2D eigenvalue weighted by molar-refractivity contribution is 0.185. The van der Waals surface area contributed by atoms with Crippen LogP contribution in [0.5, 0.6) is 0 Å². The van der Waals surface area contributed by atoms with Crippen molar-refractivity contribution in [1.29, 1.82) is 0 Å². The summed E-state index contributed by atoms with van der Waals surface area (Å²) in [6, 6.07) is 25.7. The van der Waals surface area contributed by atoms with Gasteiger partial charge in [0.15, 0.2) is 0 Å². The van der Waals surface area contributed by atoms with Gasteiger partial charge in [-0.15, -0.1) is 0 Å². The molecule has 0 atom stereocenters. The molecule has 1 aromatic heterocycles. The van der Waals surface area contributed by atoms with Crippen molar-refractivity contribution in [2.24, 2.45) is 0 Å². The third kappa shape index (κ3) is 2.00. The molecule has 2 heteroatoms. The normalized spacial score (nSPS) is 11.3. The van der Waals surface area contributed by atoms with Crippen molar-refractivity contribution in [2.45, 2.75) is 6.61 Å². The molecule has 0 saturated heterocycles. The summed E-state index contributed by atoms with van der Waals surface area (Å²) in [5.41, 5.74) is 4.84. The fraction of sp³-hybridized carbons (Fsp3) is 0.100. The van der Waals surface area contributed by atoms with Gasteiger partial charge in [-0.1, -0.05) is 48.5 Å². The number of nitrogens with zero attached hydrogens (tertiary/aromatic N) is 1. The lowest BCUT2D eigenvalue weighted by Crippen LogP contribution is -1.94. The van der Waals surface area contributed by atoms with E-state index in [1.807, 2.05) is 0 Å². The van der Waals surface area contributed by atoms with Gasteiger partial charge in [0.1, 0.15) is 0 Å². The molecule has 0 saturated carbocycles. The molecule has 0 amide bonds. The molecule has 0 aliphatic rings. The van der Waals surface area contributed by atoms with Crippen LogP contribution in [0.25, 0.3) is 27.5 Å². The van der Waals surface area contributed by atoms with Crippen LogP contribution in [-0.2, 0) is 11.3 Å². The fourth-order valence-corrected chi connectivity index (χ4v) is 3.11. The predicted molar refractivity (Wildman–Crippen MR) is 91.5 cm³/mol. The molecule has 0 bridgehead atoms. The number of hydrogen-bond donors (Lipinski definition) is 0. The summed E-state index contributed by atoms with van der Waals surface area (Å²) in [7, 11) is 1.72. The second-order valence-electron chi connectivity index (χ2n) is 5.47. The van der Waals surface area contributed by atoms with Crippen molar-refractivity contribution in [3.8, 4) is 5.69 Å². The summed E-state index contributed by atoms with van der Waals surface area (Å²) >= 11 is 0. The van der Waals surface area contributed by atoms with Gasteiger partial charge in [0.2, 0.25) is 0 Å². The van der Waals surface area contributed by atoms with Gasteiger partial charge in [-0.2, -0.15) is 0 Å². The van der Waals surface area contributed by atoms with E-state index < -0.39 is 0 Å². The van der Waals surface area contributed by atoms with E-state index in [1.54, 1.807) is 7.11 Å². The van der Waals surface area contributed by atoms with E-state index in [1.165, 1.54) is 33.1 Å². The Morgan fingerprint density at radius 2 is 1.27 bits per heavy atom. The van der Waals surface area contributed by atoms with Crippen LogP contribution in [0.15, 0.2) is 72.8 Å². The predicted octanol–water partition coefficient (Wildman–Crippen LogP) is 4.93. The van der Waals surface area contributed by atoms with Crippen LogP contribution in [0.1, 0.15) is 5.56 Å². The average Bonchev–Trinajstić information content (AvgIpc) is 2.91. The highest BCUT2D eigenvalue weighted by Gasteiger charge is 2.10. The Bertz CT molecular complexity index is 882. The van der Waals surface area contributed by atoms with Gasteiger partial charge in [-0.05, 0) is 29.8 Å². The Kier molecular flexibility index (Phi) is 3.17. The summed E-state index contributed by atoms with van der Waals surface area (Å²) in [6.45, 7) is 0.646. The summed E-state index contributed by atoms with van der Waals surface area (Å²) in [6.07, 6.45) is 0. The zero-order valence-corrected chi connectivity index (χ0v) is 12.5. The van der Waals surface area contributed by atoms with Gasteiger partial charge >= 0.3 is 0 Å². The number of ether oxygens (including phenoxy) is 1. The van der Waals surface area contributed by atoms with Crippen molar-refractivity contribution < 1.29 is 4.74 Å². The SMILES string of the molecule is COCc1ccc(-n2c3ccccc3c3ccccc32)cc1. The zero-order valence-electron chi connectivity index (χ0n) is 12.5. The third-order valence-corrected chi connectivity index (χ3v) is 4.09. The van der Waals surface area contributed by atoms with Crippen LogP contribution >= 0.6 is 0 Å². The minimum Gasteiger partial charge on any atom is -0.380 e. The van der Waals surface area contributed by atoms with Crippen LogP contribution in [0.3, 0.4) is 0 Å². The summed E-state index contributed by atoms with van der Waals surface area (Å²) in [5, 5.41) is 2.58. The van der Waals surface area contributed by atoms with E-state index in [0.717, 1.165) is 0 Å². The maximum Gasteiger partial charge on any atom is 0.0713 e. The first-order valence-corrected chi connectivity index (χ1v) is 7.45. The molecule has 1 heterocycles. The molecule has 0 fully saturated rings. The highest BCUT2D eigenvalue weighted by molar-refractivity contribution is 6.09. The van der Waals surface area contributed by atoms with Crippen molar-refractivity contribution >= 4 is 21.8 Å². The van der Waals surface area contributed by atoms with Crippen molar-refractivity contribution in [2.75, 3.05) is 7.11 Å². The molecule has 0 spiro atoms. The van der Waals surface area contributed by atoms with Gasteiger partial charge in [0.05, 0.1) is 17.6 Å². The topological polar surface area (TPSA) is 14.2 Å². The van der Waals surface area contributed by atoms with Crippen LogP contribution in [-0.4, -0.2) is 11.7 Å². The van der Waals surface area contributed by atoms with Crippen LogP contribution in [0.2, 0.25) is 0 Å². The number of aromatic nitrogens is 1. The number of benzene rings is 3. The maximum atomic E-state index is 5.19. The minimum absolute atomic E-state index is 0.646. The molecule has 0 radical (unpaired) electrons. The lowest BCUT2D eigenvalue weighted by atomic mass is 10.2. The molecule has 0 aliphatic heterocycles. The zero-order chi connectivity index (χ0) is 14.9. The largest absolute Gasteiger partial charge is 0.380 e. The second kappa shape index (κ2) is 5.32. The molecule has 4 rings (SSSR count). The molecule has 3 aromatic carbocycles. The van der Waals surface area contributed by atoms with Crippen LogP contribution in [0.4, 0.5) is 0 Å². The molecule has 0 aliphatic carbocycles. The standard InChI is InChI=1S/C20H17NO/c1-22-14-15-10-12-16(13-11-15)21-19-8-4-2-6-17(19)18-7-3-5-9-20(18)21/h2-13H,14H2,1H3. The van der Waals surface area contributed by atoms with E-state index in [-0.39, 0.29) is 0 Å². The minimum atomic E-state index is 0.646. The number of fused-ring (bicyclic) bond motifs is 3. The number of rotatable bonds is 3. The van der Waals surface area contributed by atoms with Gasteiger partial charge in [-0.3, -0.25) is 0 Å². The van der Waals surface area contributed by atoms with Gasteiger partial charge in [0.25, 0.3) is 0 Å². The van der Waals surface area contributed by atoms with Crippen molar-refractivity contribution in [3.63, 3.8) is 0 Å². The first-order chi connectivity index (χ1) is 10.9. The molecular formula is C20H17NO. The first-order valence-electron chi connectivity index (χ1n) is 7.45. The highest BCUT2D eigenvalue weighted by atomic mass is 16.5. The Hall–Kier alpha value is -2.58. The monoisotopic (exact) mass is 287 g/mol. The van der Waals surface area contributed by atoms with Gasteiger partial charge in [0, 0.05) is 23.6 Å². The number of methoxy groups -OCH3 is 1. The molecular weight excluding hydrogens is 270 g/mol. The highest BCUT2D eigenvalue weighted by Crippen LogP contribution is 2.31. The fourth-order valence-electron chi connectivity index (χ4n) is 3.11. The van der Waals surface area contributed by atoms with E-state index in [2.05, 4.69) is 77.4 Å². The van der Waals surface area contributed by atoms with E-state index in [4.69, 9.17) is 4.74 Å². The lowest BCUT2D eigenvalue weighted by Gasteiger charge is -2.08. The molecule has 22 heavy (non-hydrogen) atoms. The smallest absolute Gasteiger partial charge is 0.0713 e. The summed E-state index contributed by atoms with van der Waals surface area (Å²) < 4.78 is 7.51.